The molecule has 9 heteroatoms. The van der Waals surface area contributed by atoms with E-state index >= 15 is 0 Å². The van der Waals surface area contributed by atoms with E-state index in [1.54, 1.807) is 30.3 Å². The Labute approximate surface area is 166 Å². The molecule has 2 aromatic carbocycles. The predicted octanol–water partition coefficient (Wildman–Crippen LogP) is 3.90. The molecular formula is C17H18BrClN2O4S. The minimum absolute atomic E-state index is 0.192. The molecule has 6 nitrogen and oxygen atoms in total. The lowest BCUT2D eigenvalue weighted by molar-refractivity contribution is -0.116. The third-order valence-corrected chi connectivity index (χ3v) is 5.75. The summed E-state index contributed by atoms with van der Waals surface area (Å²) < 4.78 is 31.7. The summed E-state index contributed by atoms with van der Waals surface area (Å²) in [6, 6.07) is 10.6. The molecule has 0 heterocycles. The standard InChI is InChI=1S/C17H18BrClN2O4S/c1-11(17(22)20-14-7-5-4-6-13(14)18)21(26(3,23)24)15-10-12(19)8-9-16(15)25-2/h4-11H,1-3H3,(H,20,22)/t11-/m0/s1. The average molecular weight is 462 g/mol. The van der Waals surface area contributed by atoms with Crippen molar-refractivity contribution in [3.63, 3.8) is 0 Å². The van der Waals surface area contributed by atoms with Gasteiger partial charge in [-0.05, 0) is 53.2 Å². The van der Waals surface area contributed by atoms with Crippen molar-refractivity contribution < 1.29 is 17.9 Å². The number of rotatable bonds is 6. The van der Waals surface area contributed by atoms with Crippen molar-refractivity contribution in [1.29, 1.82) is 0 Å². The highest BCUT2D eigenvalue weighted by Crippen LogP contribution is 2.34. The number of ether oxygens (including phenoxy) is 1. The molecule has 0 aromatic heterocycles. The van der Waals surface area contributed by atoms with Crippen LogP contribution in [0.25, 0.3) is 0 Å². The fraction of sp³-hybridized carbons (Fsp3) is 0.235. The summed E-state index contributed by atoms with van der Waals surface area (Å²) in [5, 5.41) is 3.05. The van der Waals surface area contributed by atoms with Crippen LogP contribution in [-0.2, 0) is 14.8 Å². The first kappa shape index (κ1) is 20.5. The van der Waals surface area contributed by atoms with E-state index in [9.17, 15) is 13.2 Å². The molecule has 0 unspecified atom stereocenters. The summed E-state index contributed by atoms with van der Waals surface area (Å²) in [7, 11) is -2.38. The highest BCUT2D eigenvalue weighted by atomic mass is 79.9. The van der Waals surface area contributed by atoms with Crippen LogP contribution in [-0.4, -0.2) is 33.7 Å². The Morgan fingerprint density at radius 3 is 2.50 bits per heavy atom. The maximum Gasteiger partial charge on any atom is 0.248 e. The van der Waals surface area contributed by atoms with Crippen LogP contribution in [0.5, 0.6) is 5.75 Å². The maximum atomic E-state index is 12.7. The van der Waals surface area contributed by atoms with Gasteiger partial charge in [-0.2, -0.15) is 0 Å². The SMILES string of the molecule is COc1ccc(Cl)cc1N([C@@H](C)C(=O)Nc1ccccc1Br)S(C)(=O)=O. The van der Waals surface area contributed by atoms with Gasteiger partial charge in [0.1, 0.15) is 11.8 Å². The molecule has 0 saturated heterocycles. The zero-order valence-electron chi connectivity index (χ0n) is 14.4. The summed E-state index contributed by atoms with van der Waals surface area (Å²) in [5.41, 5.74) is 0.730. The van der Waals surface area contributed by atoms with Crippen molar-refractivity contribution in [2.75, 3.05) is 23.0 Å². The molecule has 0 aliphatic carbocycles. The molecule has 1 atom stereocenters. The van der Waals surface area contributed by atoms with Gasteiger partial charge in [0, 0.05) is 9.50 Å². The first-order chi connectivity index (χ1) is 12.1. The summed E-state index contributed by atoms with van der Waals surface area (Å²) in [4.78, 5) is 12.7. The summed E-state index contributed by atoms with van der Waals surface area (Å²) in [6.07, 6.45) is 1.02. The van der Waals surface area contributed by atoms with Crippen LogP contribution in [0.3, 0.4) is 0 Å². The molecule has 2 rings (SSSR count). The van der Waals surface area contributed by atoms with Gasteiger partial charge in [0.25, 0.3) is 0 Å². The van der Waals surface area contributed by atoms with Crippen LogP contribution in [0.1, 0.15) is 6.92 Å². The number of sulfonamides is 1. The highest BCUT2D eigenvalue weighted by Gasteiger charge is 2.31. The molecule has 1 N–H and O–H groups in total. The Morgan fingerprint density at radius 2 is 1.92 bits per heavy atom. The van der Waals surface area contributed by atoms with Crippen LogP contribution >= 0.6 is 27.5 Å². The monoisotopic (exact) mass is 460 g/mol. The Balaban J connectivity index is 2.43. The minimum Gasteiger partial charge on any atom is -0.495 e. The third kappa shape index (κ3) is 4.69. The van der Waals surface area contributed by atoms with E-state index in [0.29, 0.717) is 20.9 Å². The number of para-hydroxylation sites is 1. The van der Waals surface area contributed by atoms with Crippen LogP contribution < -0.4 is 14.4 Å². The average Bonchev–Trinajstić information content (AvgIpc) is 2.56. The van der Waals surface area contributed by atoms with Crippen LogP contribution in [0.2, 0.25) is 5.02 Å². The van der Waals surface area contributed by atoms with Gasteiger partial charge in [0.05, 0.1) is 24.7 Å². The Hall–Kier alpha value is -1.77. The van der Waals surface area contributed by atoms with Crippen LogP contribution in [0, 0.1) is 0 Å². The van der Waals surface area contributed by atoms with E-state index in [-0.39, 0.29) is 5.69 Å². The van der Waals surface area contributed by atoms with E-state index in [1.165, 1.54) is 20.1 Å². The number of hydrogen-bond donors (Lipinski definition) is 1. The van der Waals surface area contributed by atoms with E-state index in [1.807, 2.05) is 6.07 Å². The van der Waals surface area contributed by atoms with Crippen LogP contribution in [0.4, 0.5) is 11.4 Å². The van der Waals surface area contributed by atoms with Crippen molar-refractivity contribution in [3.05, 3.63) is 52.0 Å². The normalized spacial score (nSPS) is 12.3. The Bertz CT molecular complexity index is 921. The van der Waals surface area contributed by atoms with Crippen molar-refractivity contribution in [1.82, 2.24) is 0 Å². The first-order valence-corrected chi connectivity index (χ1v) is 10.6. The second kappa shape index (κ2) is 8.28. The number of benzene rings is 2. The molecule has 0 bridgehead atoms. The number of nitrogens with zero attached hydrogens (tertiary/aromatic N) is 1. The van der Waals surface area contributed by atoms with Crippen molar-refractivity contribution in [3.8, 4) is 5.75 Å². The van der Waals surface area contributed by atoms with Gasteiger partial charge in [-0.25, -0.2) is 8.42 Å². The first-order valence-electron chi connectivity index (χ1n) is 7.53. The molecule has 140 valence electrons. The number of hydrogen-bond acceptors (Lipinski definition) is 4. The molecule has 0 spiro atoms. The van der Waals surface area contributed by atoms with Gasteiger partial charge in [-0.15, -0.1) is 0 Å². The molecular weight excluding hydrogens is 444 g/mol. The van der Waals surface area contributed by atoms with E-state index < -0.39 is 22.0 Å². The van der Waals surface area contributed by atoms with Gasteiger partial charge in [-0.3, -0.25) is 9.10 Å². The number of anilines is 2. The van der Waals surface area contributed by atoms with Crippen molar-refractivity contribution >= 4 is 54.8 Å². The lowest BCUT2D eigenvalue weighted by atomic mass is 10.2. The molecule has 0 radical (unpaired) electrons. The summed E-state index contributed by atoms with van der Waals surface area (Å²) >= 11 is 9.36. The number of amides is 1. The van der Waals surface area contributed by atoms with Crippen molar-refractivity contribution in [2.45, 2.75) is 13.0 Å². The van der Waals surface area contributed by atoms with Gasteiger partial charge in [0.2, 0.25) is 15.9 Å². The second-order valence-corrected chi connectivity index (χ2v) is 8.67. The molecule has 2 aromatic rings. The zero-order valence-corrected chi connectivity index (χ0v) is 17.5. The third-order valence-electron chi connectivity index (χ3n) is 3.60. The molecule has 0 fully saturated rings. The van der Waals surface area contributed by atoms with E-state index in [0.717, 1.165) is 10.6 Å². The molecule has 1 amide bonds. The van der Waals surface area contributed by atoms with Crippen molar-refractivity contribution in [2.24, 2.45) is 0 Å². The van der Waals surface area contributed by atoms with Gasteiger partial charge < -0.3 is 10.1 Å². The summed E-state index contributed by atoms with van der Waals surface area (Å²) in [5.74, 6) is -0.204. The fourth-order valence-corrected chi connectivity index (χ4v) is 4.14. The largest absolute Gasteiger partial charge is 0.495 e. The Kier molecular flexibility index (Phi) is 6.54. The number of halogens is 2. The molecule has 26 heavy (non-hydrogen) atoms. The Morgan fingerprint density at radius 1 is 1.27 bits per heavy atom. The van der Waals surface area contributed by atoms with Gasteiger partial charge >= 0.3 is 0 Å². The maximum absolute atomic E-state index is 12.7. The predicted molar refractivity (Wildman–Crippen MR) is 108 cm³/mol. The molecule has 0 saturated carbocycles. The number of nitrogens with one attached hydrogen (secondary N) is 1. The van der Waals surface area contributed by atoms with E-state index in [2.05, 4.69) is 21.2 Å². The number of carbonyl (C=O) groups is 1. The lowest BCUT2D eigenvalue weighted by Gasteiger charge is -2.29. The highest BCUT2D eigenvalue weighted by molar-refractivity contribution is 9.10. The van der Waals surface area contributed by atoms with Crippen LogP contribution in [0.15, 0.2) is 46.9 Å². The van der Waals surface area contributed by atoms with E-state index in [4.69, 9.17) is 16.3 Å². The smallest absolute Gasteiger partial charge is 0.248 e. The molecule has 0 aliphatic rings. The zero-order chi connectivity index (χ0) is 19.5. The topological polar surface area (TPSA) is 75.7 Å². The lowest BCUT2D eigenvalue weighted by Crippen LogP contribution is -2.45. The van der Waals surface area contributed by atoms with Gasteiger partial charge in [0.15, 0.2) is 0 Å². The quantitative estimate of drug-likeness (QED) is 0.708. The number of carbonyl (C=O) groups excluding carboxylic acids is 1. The number of methoxy groups -OCH3 is 1. The fourth-order valence-electron chi connectivity index (χ4n) is 2.42. The minimum atomic E-state index is -3.79. The summed E-state index contributed by atoms with van der Waals surface area (Å²) in [6.45, 7) is 1.49. The molecule has 0 aliphatic heterocycles. The second-order valence-electron chi connectivity index (χ2n) is 5.52. The van der Waals surface area contributed by atoms with Gasteiger partial charge in [-0.1, -0.05) is 23.7 Å².